The minimum Gasteiger partial charge on any atom is -0.489 e. The average molecular weight is 386 g/mol. The van der Waals surface area contributed by atoms with E-state index in [4.69, 9.17) is 9.47 Å². The van der Waals surface area contributed by atoms with Crippen LogP contribution in [-0.4, -0.2) is 66.0 Å². The number of nitrogens with zero attached hydrogens (tertiary/aromatic N) is 1. The number of aliphatic hydroxyl groups excluding tert-OH is 1. The van der Waals surface area contributed by atoms with Crippen molar-refractivity contribution in [2.75, 3.05) is 32.8 Å². The molecule has 0 radical (unpaired) electrons. The van der Waals surface area contributed by atoms with Crippen molar-refractivity contribution in [2.24, 2.45) is 0 Å². The number of benzene rings is 1. The van der Waals surface area contributed by atoms with E-state index >= 15 is 0 Å². The van der Waals surface area contributed by atoms with Crippen molar-refractivity contribution >= 4 is 12.0 Å². The van der Waals surface area contributed by atoms with Gasteiger partial charge in [0.2, 0.25) is 5.91 Å². The number of para-hydroxylation sites is 1. The highest BCUT2D eigenvalue weighted by atomic mass is 16.5. The number of carbonyl (C=O) groups excluding carboxylic acids is 1. The molecule has 3 heterocycles. The highest BCUT2D eigenvalue weighted by molar-refractivity contribution is 5.74. The molecular weight excluding hydrogens is 356 g/mol. The van der Waals surface area contributed by atoms with Crippen LogP contribution < -0.4 is 10.1 Å². The zero-order valence-electron chi connectivity index (χ0n) is 16.7. The first kappa shape index (κ1) is 19.4. The number of piperidine rings is 1. The normalized spacial score (nSPS) is 29.5. The van der Waals surface area contributed by atoms with E-state index in [-0.39, 0.29) is 5.91 Å². The summed E-state index contributed by atoms with van der Waals surface area (Å²) in [6.07, 6.45) is 3.66. The van der Waals surface area contributed by atoms with Crippen molar-refractivity contribution in [3.8, 4) is 5.75 Å². The van der Waals surface area contributed by atoms with Crippen LogP contribution in [0.25, 0.3) is 6.08 Å². The molecule has 152 valence electrons. The lowest BCUT2D eigenvalue weighted by Crippen LogP contribution is -2.69. The Balaban J connectivity index is 1.39. The summed E-state index contributed by atoms with van der Waals surface area (Å²) in [5.74, 6) is 0.834. The fourth-order valence-electron chi connectivity index (χ4n) is 4.84. The first-order valence-electron chi connectivity index (χ1n) is 10.1. The molecule has 1 aromatic rings. The van der Waals surface area contributed by atoms with Gasteiger partial charge in [0.1, 0.15) is 18.5 Å². The lowest BCUT2D eigenvalue weighted by molar-refractivity contribution is -0.207. The van der Waals surface area contributed by atoms with Gasteiger partial charge in [-0.15, -0.1) is 0 Å². The zero-order chi connectivity index (χ0) is 19.8. The Morgan fingerprint density at radius 2 is 2.04 bits per heavy atom. The third kappa shape index (κ3) is 3.69. The molecule has 0 aromatic heterocycles. The summed E-state index contributed by atoms with van der Waals surface area (Å²) in [4.78, 5) is 14.0. The molecule has 4 rings (SSSR count). The topological polar surface area (TPSA) is 71.0 Å². The van der Waals surface area contributed by atoms with Crippen LogP contribution in [0.4, 0.5) is 0 Å². The molecule has 0 aliphatic carbocycles. The molecule has 6 nitrogen and oxygen atoms in total. The van der Waals surface area contributed by atoms with E-state index in [1.807, 2.05) is 25.1 Å². The highest BCUT2D eigenvalue weighted by Gasteiger charge is 2.53. The van der Waals surface area contributed by atoms with Gasteiger partial charge in [-0.2, -0.15) is 0 Å². The van der Waals surface area contributed by atoms with E-state index in [0.717, 1.165) is 43.8 Å². The van der Waals surface area contributed by atoms with E-state index in [1.54, 1.807) is 0 Å². The number of amides is 1. The van der Waals surface area contributed by atoms with Crippen molar-refractivity contribution in [1.82, 2.24) is 10.2 Å². The number of likely N-dealkylation sites (tertiary alicyclic amines) is 1. The van der Waals surface area contributed by atoms with Crippen LogP contribution in [0.3, 0.4) is 0 Å². The molecule has 2 saturated heterocycles. The molecule has 0 unspecified atom stereocenters. The quantitative estimate of drug-likeness (QED) is 0.831. The molecule has 1 aromatic carbocycles. The van der Waals surface area contributed by atoms with Gasteiger partial charge in [-0.3, -0.25) is 9.69 Å². The molecule has 0 bridgehead atoms. The van der Waals surface area contributed by atoms with Crippen LogP contribution in [0.2, 0.25) is 0 Å². The van der Waals surface area contributed by atoms with Gasteiger partial charge >= 0.3 is 0 Å². The Labute approximate surface area is 166 Å². The minimum absolute atomic E-state index is 0.111. The number of hydrogen-bond acceptors (Lipinski definition) is 5. The van der Waals surface area contributed by atoms with E-state index in [2.05, 4.69) is 22.4 Å². The number of fused-ring (bicyclic) bond motifs is 1. The van der Waals surface area contributed by atoms with E-state index in [1.165, 1.54) is 12.5 Å². The van der Waals surface area contributed by atoms with E-state index < -0.39 is 17.2 Å². The number of nitrogens with one attached hydrogen (secondary N) is 1. The second-order valence-electron chi connectivity index (χ2n) is 8.57. The van der Waals surface area contributed by atoms with Gasteiger partial charge in [-0.25, -0.2) is 0 Å². The lowest BCUT2D eigenvalue weighted by atomic mass is 9.73. The third-order valence-corrected chi connectivity index (χ3v) is 6.40. The number of hydrogen-bond donors (Lipinski definition) is 2. The summed E-state index contributed by atoms with van der Waals surface area (Å²) < 4.78 is 12.0. The fourth-order valence-corrected chi connectivity index (χ4v) is 4.84. The van der Waals surface area contributed by atoms with Gasteiger partial charge in [0, 0.05) is 38.7 Å². The second-order valence-corrected chi connectivity index (χ2v) is 8.57. The average Bonchev–Trinajstić information content (AvgIpc) is 2.67. The van der Waals surface area contributed by atoms with Crippen LogP contribution >= 0.6 is 0 Å². The van der Waals surface area contributed by atoms with Gasteiger partial charge in [-0.05, 0) is 43.9 Å². The molecule has 6 heteroatoms. The van der Waals surface area contributed by atoms with Crippen molar-refractivity contribution < 1.29 is 19.4 Å². The lowest BCUT2D eigenvalue weighted by Gasteiger charge is -2.53. The van der Waals surface area contributed by atoms with Gasteiger partial charge in [0.05, 0.1) is 11.1 Å². The Kier molecular flexibility index (Phi) is 5.21. The summed E-state index contributed by atoms with van der Waals surface area (Å²) in [5.41, 5.74) is 1.20. The SMILES string of the molecule is CC(=O)N[C@@]1(C)CCOC2(CCN(CC3=Cc4ccccc4OC3)CC2)[C@@H]1O. The molecule has 3 aliphatic heterocycles. The standard InChI is InChI=1S/C22H30N2O4/c1-16(25)23-21(2)9-12-28-22(20(21)26)7-10-24(11-8-22)14-17-13-18-5-3-4-6-19(18)27-15-17/h3-6,13,20,26H,7-12,14-15H2,1-2H3,(H,23,25)/t20-,21+/m1/s1. The number of aliphatic hydroxyl groups is 1. The molecule has 3 aliphatic rings. The van der Waals surface area contributed by atoms with Crippen molar-refractivity contribution in [2.45, 2.75) is 50.4 Å². The van der Waals surface area contributed by atoms with E-state index in [9.17, 15) is 9.90 Å². The molecule has 2 N–H and O–H groups in total. The summed E-state index contributed by atoms with van der Waals surface area (Å²) in [7, 11) is 0. The summed E-state index contributed by atoms with van der Waals surface area (Å²) in [6.45, 7) is 7.18. The fraction of sp³-hybridized carbons (Fsp3) is 0.591. The van der Waals surface area contributed by atoms with Crippen molar-refractivity contribution in [3.63, 3.8) is 0 Å². The number of carbonyl (C=O) groups is 1. The van der Waals surface area contributed by atoms with Gasteiger partial charge in [-0.1, -0.05) is 18.2 Å². The first-order valence-corrected chi connectivity index (χ1v) is 10.1. The zero-order valence-corrected chi connectivity index (χ0v) is 16.7. The van der Waals surface area contributed by atoms with E-state index in [0.29, 0.717) is 19.6 Å². The Morgan fingerprint density at radius 1 is 1.29 bits per heavy atom. The van der Waals surface area contributed by atoms with Crippen LogP contribution in [0.1, 0.15) is 38.7 Å². The molecule has 2 fully saturated rings. The third-order valence-electron chi connectivity index (χ3n) is 6.40. The summed E-state index contributed by atoms with van der Waals surface area (Å²) in [6, 6.07) is 8.10. The minimum atomic E-state index is -0.705. The van der Waals surface area contributed by atoms with Gasteiger partial charge < -0.3 is 19.9 Å². The molecule has 1 amide bonds. The first-order chi connectivity index (χ1) is 13.4. The predicted molar refractivity (Wildman–Crippen MR) is 107 cm³/mol. The summed E-state index contributed by atoms with van der Waals surface area (Å²) >= 11 is 0. The molecule has 1 spiro atoms. The molecule has 2 atom stereocenters. The van der Waals surface area contributed by atoms with Gasteiger partial charge in [0.15, 0.2) is 0 Å². The van der Waals surface area contributed by atoms with Crippen LogP contribution in [0.5, 0.6) is 5.75 Å². The number of rotatable bonds is 3. The maximum atomic E-state index is 11.6. The Hall–Kier alpha value is -1.89. The second kappa shape index (κ2) is 7.50. The monoisotopic (exact) mass is 386 g/mol. The predicted octanol–water partition coefficient (Wildman–Crippen LogP) is 1.97. The van der Waals surface area contributed by atoms with Crippen LogP contribution in [-0.2, 0) is 9.53 Å². The van der Waals surface area contributed by atoms with Crippen molar-refractivity contribution in [1.29, 1.82) is 0 Å². The molecule has 0 saturated carbocycles. The summed E-state index contributed by atoms with van der Waals surface area (Å²) in [5, 5.41) is 14.0. The highest BCUT2D eigenvalue weighted by Crippen LogP contribution is 2.40. The maximum Gasteiger partial charge on any atom is 0.217 e. The Morgan fingerprint density at radius 3 is 2.79 bits per heavy atom. The van der Waals surface area contributed by atoms with Crippen LogP contribution in [0.15, 0.2) is 29.8 Å². The Bertz CT molecular complexity index is 770. The van der Waals surface area contributed by atoms with Crippen LogP contribution in [0, 0.1) is 0 Å². The largest absolute Gasteiger partial charge is 0.489 e. The number of ether oxygens (including phenoxy) is 2. The van der Waals surface area contributed by atoms with Crippen molar-refractivity contribution in [3.05, 3.63) is 35.4 Å². The smallest absolute Gasteiger partial charge is 0.217 e. The van der Waals surface area contributed by atoms with Gasteiger partial charge in [0.25, 0.3) is 0 Å². The molecule has 28 heavy (non-hydrogen) atoms. The molecular formula is C22H30N2O4. The maximum absolute atomic E-state index is 11.6.